The maximum atomic E-state index is 6.88. The summed E-state index contributed by atoms with van der Waals surface area (Å²) in [6, 6.07) is 61.6. The van der Waals surface area contributed by atoms with Gasteiger partial charge in [-0.25, -0.2) is 15.0 Å². The molecule has 1 aromatic heterocycles. The molecule has 0 fully saturated rings. The molecule has 0 bridgehead atoms. The van der Waals surface area contributed by atoms with Crippen molar-refractivity contribution in [3.8, 4) is 11.1 Å². The summed E-state index contributed by atoms with van der Waals surface area (Å²) in [6.07, 6.45) is 2.46. The summed E-state index contributed by atoms with van der Waals surface area (Å²) >= 11 is 1.82. The Labute approximate surface area is 361 Å². The van der Waals surface area contributed by atoms with E-state index >= 15 is 0 Å². The Kier molecular flexibility index (Phi) is 14.9. The first-order valence-electron chi connectivity index (χ1n) is 18.7. The molecule has 0 aliphatic heterocycles. The van der Waals surface area contributed by atoms with Crippen LogP contribution in [0, 0.1) is 6.92 Å². The van der Waals surface area contributed by atoms with E-state index in [1.807, 2.05) is 121 Å². The lowest BCUT2D eigenvalue weighted by atomic mass is 10.0. The molecule has 0 saturated carbocycles. The molecule has 1 unspecified atom stereocenters. The van der Waals surface area contributed by atoms with Crippen LogP contribution in [0.3, 0.4) is 0 Å². The van der Waals surface area contributed by atoms with Crippen molar-refractivity contribution in [2.45, 2.75) is 19.6 Å². The highest BCUT2D eigenvalue weighted by atomic mass is 127. The zero-order valence-corrected chi connectivity index (χ0v) is 35.2. The van der Waals surface area contributed by atoms with Gasteiger partial charge in [-0.2, -0.15) is 0 Å². The van der Waals surface area contributed by atoms with E-state index in [0.717, 1.165) is 38.9 Å². The van der Waals surface area contributed by atoms with Crippen molar-refractivity contribution in [1.82, 2.24) is 0 Å². The van der Waals surface area contributed by atoms with Crippen LogP contribution in [0.25, 0.3) is 31.3 Å². The normalized spacial score (nSPS) is 12.3. The van der Waals surface area contributed by atoms with Crippen molar-refractivity contribution in [2.24, 2.45) is 30.7 Å². The molecule has 6 nitrogen and oxygen atoms in total. The fourth-order valence-electron chi connectivity index (χ4n) is 6.31. The van der Waals surface area contributed by atoms with Gasteiger partial charge in [-0.3, -0.25) is 9.98 Å². The average Bonchev–Trinajstić information content (AvgIpc) is 3.64. The largest absolute Gasteiger partial charge is 0.306 e. The molecule has 0 aliphatic carbocycles. The van der Waals surface area contributed by atoms with Gasteiger partial charge in [-0.1, -0.05) is 175 Å². The maximum Gasteiger partial charge on any atom is 0.157 e. The predicted octanol–water partition coefficient (Wildman–Crippen LogP) is 12.5. The van der Waals surface area contributed by atoms with Crippen molar-refractivity contribution in [3.05, 3.63) is 215 Å². The van der Waals surface area contributed by atoms with Gasteiger partial charge in [0.05, 0.1) is 6.54 Å². The van der Waals surface area contributed by atoms with Crippen LogP contribution in [0.4, 0.5) is 0 Å². The zero-order valence-electron chi connectivity index (χ0n) is 32.1. The van der Waals surface area contributed by atoms with E-state index < -0.39 is 6.17 Å². The number of rotatable bonds is 9. The lowest BCUT2D eigenvalue weighted by molar-refractivity contribution is 0.772. The lowest BCUT2D eigenvalue weighted by Crippen LogP contribution is -2.15. The number of aryl methyl sites for hydroxylation is 1. The Morgan fingerprint density at radius 1 is 0.638 bits per heavy atom. The molecule has 0 aliphatic rings. The fraction of sp³-hybridized carbons (Fsp3) is 0.0600. The van der Waals surface area contributed by atoms with E-state index in [0.29, 0.717) is 18.2 Å². The molecular weight excluding hydrogens is 844 g/mol. The van der Waals surface area contributed by atoms with Crippen LogP contribution in [0.2, 0.25) is 0 Å². The third-order valence-electron chi connectivity index (χ3n) is 9.23. The Morgan fingerprint density at radius 2 is 1.26 bits per heavy atom. The minimum atomic E-state index is -0.752. The Balaban J connectivity index is 0.000000642. The molecule has 0 spiro atoms. The highest BCUT2D eigenvalue weighted by Gasteiger charge is 2.16. The second-order valence-electron chi connectivity index (χ2n) is 13.2. The highest BCUT2D eigenvalue weighted by molar-refractivity contribution is 14.0. The van der Waals surface area contributed by atoms with E-state index in [4.69, 9.17) is 20.7 Å². The van der Waals surface area contributed by atoms with Crippen LogP contribution in [-0.2, 0) is 6.54 Å². The topological polar surface area (TPSA) is 87.8 Å². The third-order valence-corrected chi connectivity index (χ3v) is 10.4. The molecule has 1 heterocycles. The maximum absolute atomic E-state index is 6.88. The second kappa shape index (κ2) is 20.8. The van der Waals surface area contributed by atoms with Crippen molar-refractivity contribution < 1.29 is 0 Å². The summed E-state index contributed by atoms with van der Waals surface area (Å²) in [4.78, 5) is 23.0. The van der Waals surface area contributed by atoms with Gasteiger partial charge in [0.2, 0.25) is 0 Å². The zero-order chi connectivity index (χ0) is 39.2. The van der Waals surface area contributed by atoms with Crippen molar-refractivity contribution >= 4 is 86.4 Å². The monoisotopic (exact) mass is 886 g/mol. The van der Waals surface area contributed by atoms with Crippen molar-refractivity contribution in [2.75, 3.05) is 0 Å². The van der Waals surface area contributed by atoms with Gasteiger partial charge in [0.25, 0.3) is 0 Å². The molecule has 286 valence electrons. The Hall–Kier alpha value is -6.20. The van der Waals surface area contributed by atoms with Crippen molar-refractivity contribution in [1.29, 1.82) is 0 Å². The van der Waals surface area contributed by atoms with Gasteiger partial charge < -0.3 is 5.73 Å². The Morgan fingerprint density at radius 3 is 1.97 bits per heavy atom. The van der Waals surface area contributed by atoms with E-state index in [2.05, 4.69) is 102 Å². The first-order chi connectivity index (χ1) is 28.1. The molecule has 2 N–H and O–H groups in total. The molecular formula is C50H43IN6S. The lowest BCUT2D eigenvalue weighted by Gasteiger charge is -2.14. The number of thiophene rings is 1. The molecule has 7 aromatic carbocycles. The fourth-order valence-corrected chi connectivity index (χ4v) is 7.45. The number of hydrogen-bond acceptors (Lipinski definition) is 4. The SMILES string of the molecule is C=NC=NC(=NCc1ccccc1)c1ccccc1C(N)/N=C(\N=Cc1ccccc1)c1ccc(-c2ccc3c(c2)sc2ccccc23)cc1.Cc1ccccc1.I. The summed E-state index contributed by atoms with van der Waals surface area (Å²) in [5.74, 6) is 1.01. The van der Waals surface area contributed by atoms with E-state index in [1.54, 1.807) is 0 Å². The van der Waals surface area contributed by atoms with E-state index in [1.165, 1.54) is 32.1 Å². The van der Waals surface area contributed by atoms with E-state index in [9.17, 15) is 0 Å². The molecule has 58 heavy (non-hydrogen) atoms. The first-order valence-corrected chi connectivity index (χ1v) is 19.5. The molecule has 0 saturated heterocycles. The average molecular weight is 887 g/mol. The number of benzene rings is 7. The van der Waals surface area contributed by atoms with Gasteiger partial charge in [-0.05, 0) is 48.0 Å². The van der Waals surface area contributed by atoms with Crippen LogP contribution >= 0.6 is 35.3 Å². The summed E-state index contributed by atoms with van der Waals surface area (Å²) in [6.45, 7) is 6.09. The molecule has 1 atom stereocenters. The van der Waals surface area contributed by atoms with Gasteiger partial charge in [-0.15, -0.1) is 35.3 Å². The molecule has 8 heteroatoms. The summed E-state index contributed by atoms with van der Waals surface area (Å²) < 4.78 is 2.57. The molecule has 0 amide bonds. The predicted molar refractivity (Wildman–Crippen MR) is 260 cm³/mol. The van der Waals surface area contributed by atoms with Crippen LogP contribution in [0.1, 0.15) is 39.5 Å². The third kappa shape index (κ3) is 10.8. The van der Waals surface area contributed by atoms with Crippen LogP contribution in [0.15, 0.2) is 207 Å². The number of aliphatic imine (C=N–C) groups is 5. The Bertz CT molecular complexity index is 2690. The number of hydrogen-bond donors (Lipinski definition) is 1. The smallest absolute Gasteiger partial charge is 0.157 e. The number of fused-ring (bicyclic) bond motifs is 3. The van der Waals surface area contributed by atoms with Gasteiger partial charge in [0.1, 0.15) is 12.5 Å². The molecule has 8 rings (SSSR count). The highest BCUT2D eigenvalue weighted by Crippen LogP contribution is 2.36. The quantitative estimate of drug-likeness (QED) is 0.0873. The molecule has 8 aromatic rings. The standard InChI is InChI=1S/C43H34N6S.C7H8.HI/c1-45-29-48-43(47-28-31-14-6-3-7-15-31)38-18-9-8-17-37(38)41(44)49-42(46-27-30-12-4-2-5-13-30)33-22-20-32(21-23-33)34-24-25-36-35-16-10-11-19-39(35)50-40(36)26-34;1-7-5-3-2-4-6-7;/h2-27,29,41H,1,28,44H2;2-6H,1H3;1H/b46-27?,47-43?,48-29?,49-42-;;. The number of halogens is 1. The minimum Gasteiger partial charge on any atom is -0.306 e. The number of amidine groups is 2. The number of nitrogens with two attached hydrogens (primary N) is 1. The second-order valence-corrected chi connectivity index (χ2v) is 14.3. The van der Waals surface area contributed by atoms with Crippen molar-refractivity contribution in [3.63, 3.8) is 0 Å². The van der Waals surface area contributed by atoms with E-state index in [-0.39, 0.29) is 24.0 Å². The number of nitrogens with zero attached hydrogens (tertiary/aromatic N) is 5. The summed E-state index contributed by atoms with van der Waals surface area (Å²) in [5, 5.41) is 2.58. The van der Waals surface area contributed by atoms with Gasteiger partial charge in [0.15, 0.2) is 11.7 Å². The first kappa shape index (κ1) is 41.4. The molecule has 0 radical (unpaired) electrons. The van der Waals surface area contributed by atoms with Crippen LogP contribution < -0.4 is 5.73 Å². The summed E-state index contributed by atoms with van der Waals surface area (Å²) in [7, 11) is 0. The van der Waals surface area contributed by atoms with Gasteiger partial charge >= 0.3 is 0 Å². The van der Waals surface area contributed by atoms with Crippen LogP contribution in [0.5, 0.6) is 0 Å². The summed E-state index contributed by atoms with van der Waals surface area (Å²) in [5.41, 5.74) is 14.9. The minimum absolute atomic E-state index is 0. The van der Waals surface area contributed by atoms with Gasteiger partial charge in [0, 0.05) is 43.1 Å². The van der Waals surface area contributed by atoms with Crippen LogP contribution in [-0.4, -0.2) is 30.9 Å².